The molecule has 0 radical (unpaired) electrons. The van der Waals surface area contributed by atoms with E-state index in [1.165, 1.54) is 24.6 Å². The Kier molecular flexibility index (Phi) is 10.2. The standard InChI is InChI=1S/C33H43N5O6/c1-21-29-9-10-37(17-25(29)5-6-30(21)43-19-31-22(2)35-20-44-31)18-28(40)16-34-33(41)26-14-27(36-32(15-26)42-4)13-24-7-11-38(12-8-24)23(3)39/h5-6,14-15,20,24,28,40H,7-13,16-19H2,1-4H3,(H,34,41)/t28-/m0/s1. The number of rotatable bonds is 11. The van der Waals surface area contributed by atoms with Crippen LogP contribution in [0.3, 0.4) is 0 Å². The summed E-state index contributed by atoms with van der Waals surface area (Å²) in [7, 11) is 1.54. The van der Waals surface area contributed by atoms with Gasteiger partial charge in [-0.25, -0.2) is 9.97 Å². The summed E-state index contributed by atoms with van der Waals surface area (Å²) in [6.07, 6.45) is 4.10. The average molecular weight is 606 g/mol. The number of aromatic nitrogens is 2. The third kappa shape index (κ3) is 7.75. The van der Waals surface area contributed by atoms with Gasteiger partial charge in [-0.15, -0.1) is 0 Å². The average Bonchev–Trinajstić information content (AvgIpc) is 3.43. The molecule has 2 N–H and O–H groups in total. The quantitative estimate of drug-likeness (QED) is 0.338. The van der Waals surface area contributed by atoms with Gasteiger partial charge in [0, 0.05) is 63.5 Å². The van der Waals surface area contributed by atoms with Gasteiger partial charge in [-0.05, 0) is 74.3 Å². The lowest BCUT2D eigenvalue weighted by Gasteiger charge is -2.31. The number of hydrogen-bond donors (Lipinski definition) is 2. The number of benzene rings is 1. The topological polar surface area (TPSA) is 130 Å². The summed E-state index contributed by atoms with van der Waals surface area (Å²) in [6, 6.07) is 7.51. The van der Waals surface area contributed by atoms with Crippen LogP contribution in [-0.2, 0) is 30.8 Å². The maximum absolute atomic E-state index is 13.1. The van der Waals surface area contributed by atoms with Crippen LogP contribution in [0.2, 0.25) is 0 Å². The number of β-amino-alcohol motifs (C(OH)–C–C–N with tert-alkyl or cyclic N) is 1. The van der Waals surface area contributed by atoms with Crippen molar-refractivity contribution in [3.05, 3.63) is 70.1 Å². The predicted molar refractivity (Wildman–Crippen MR) is 164 cm³/mol. The second-order valence-electron chi connectivity index (χ2n) is 11.9. The van der Waals surface area contributed by atoms with E-state index in [-0.39, 0.29) is 18.4 Å². The Morgan fingerprint density at radius 2 is 1.98 bits per heavy atom. The van der Waals surface area contributed by atoms with Gasteiger partial charge in [0.1, 0.15) is 12.4 Å². The number of nitrogens with zero attached hydrogens (tertiary/aromatic N) is 4. The maximum Gasteiger partial charge on any atom is 0.251 e. The first-order valence-corrected chi connectivity index (χ1v) is 15.3. The monoisotopic (exact) mass is 605 g/mol. The van der Waals surface area contributed by atoms with E-state index in [9.17, 15) is 14.7 Å². The summed E-state index contributed by atoms with van der Waals surface area (Å²) in [4.78, 5) is 37.5. The number of fused-ring (bicyclic) bond motifs is 1. The number of aliphatic hydroxyl groups excluding tert-OH is 1. The molecule has 2 aromatic heterocycles. The molecular formula is C33H43N5O6. The van der Waals surface area contributed by atoms with Crippen molar-refractivity contribution in [2.75, 3.05) is 39.8 Å². The lowest BCUT2D eigenvalue weighted by atomic mass is 9.91. The molecule has 11 heteroatoms. The normalized spacial score (nSPS) is 16.3. The zero-order valence-corrected chi connectivity index (χ0v) is 26.1. The summed E-state index contributed by atoms with van der Waals surface area (Å²) in [5.41, 5.74) is 5.70. The first-order chi connectivity index (χ1) is 21.2. The molecule has 2 aliphatic heterocycles. The number of aryl methyl sites for hydroxylation is 1. The highest BCUT2D eigenvalue weighted by Gasteiger charge is 2.24. The van der Waals surface area contributed by atoms with E-state index in [4.69, 9.17) is 13.9 Å². The van der Waals surface area contributed by atoms with Crippen LogP contribution in [0.5, 0.6) is 11.6 Å². The summed E-state index contributed by atoms with van der Waals surface area (Å²) in [5.74, 6) is 2.18. The summed E-state index contributed by atoms with van der Waals surface area (Å²) >= 11 is 0. The Bertz CT molecular complexity index is 1460. The molecule has 0 unspecified atom stereocenters. The van der Waals surface area contributed by atoms with Crippen molar-refractivity contribution in [2.45, 2.75) is 65.7 Å². The SMILES string of the molecule is COc1cc(C(=O)NC[C@H](O)CN2CCc3c(ccc(OCc4ocnc4C)c3C)C2)cc(CC2CCN(C(C)=O)CC2)n1. The van der Waals surface area contributed by atoms with Gasteiger partial charge in [0.05, 0.1) is 18.9 Å². The fourth-order valence-corrected chi connectivity index (χ4v) is 6.12. The zero-order chi connectivity index (χ0) is 31.2. The molecule has 5 rings (SSSR count). The minimum atomic E-state index is -0.719. The third-order valence-corrected chi connectivity index (χ3v) is 8.77. The van der Waals surface area contributed by atoms with Crippen LogP contribution in [0, 0.1) is 19.8 Å². The molecule has 11 nitrogen and oxygen atoms in total. The van der Waals surface area contributed by atoms with Crippen molar-refractivity contribution in [3.63, 3.8) is 0 Å². The summed E-state index contributed by atoms with van der Waals surface area (Å²) in [6.45, 7) is 9.53. The van der Waals surface area contributed by atoms with Crippen LogP contribution >= 0.6 is 0 Å². The Labute approximate surface area is 258 Å². The van der Waals surface area contributed by atoms with Gasteiger partial charge in [0.2, 0.25) is 11.8 Å². The molecule has 1 atom stereocenters. The molecule has 0 spiro atoms. The molecule has 2 amide bonds. The summed E-state index contributed by atoms with van der Waals surface area (Å²) < 4.78 is 16.8. The third-order valence-electron chi connectivity index (χ3n) is 8.77. The molecule has 0 saturated carbocycles. The Hall–Kier alpha value is -3.96. The first kappa shape index (κ1) is 31.5. The highest BCUT2D eigenvalue weighted by molar-refractivity contribution is 5.94. The number of methoxy groups -OCH3 is 1. The van der Waals surface area contributed by atoms with Gasteiger partial charge in [0.25, 0.3) is 5.91 Å². The number of pyridine rings is 1. The Balaban J connectivity index is 1.11. The maximum atomic E-state index is 13.1. The summed E-state index contributed by atoms with van der Waals surface area (Å²) in [5, 5.41) is 13.7. The minimum Gasteiger partial charge on any atom is -0.485 e. The van der Waals surface area contributed by atoms with Crippen molar-refractivity contribution in [1.82, 2.24) is 25.1 Å². The van der Waals surface area contributed by atoms with Crippen LogP contribution in [0.1, 0.15) is 64.0 Å². The number of ether oxygens (including phenoxy) is 2. The number of piperidine rings is 1. The van der Waals surface area contributed by atoms with Crippen molar-refractivity contribution in [1.29, 1.82) is 0 Å². The number of carbonyl (C=O) groups is 2. The number of carbonyl (C=O) groups excluding carboxylic acids is 2. The van der Waals surface area contributed by atoms with Gasteiger partial charge < -0.3 is 29.2 Å². The van der Waals surface area contributed by atoms with Crippen LogP contribution in [-0.4, -0.2) is 82.6 Å². The van der Waals surface area contributed by atoms with Gasteiger partial charge >= 0.3 is 0 Å². The molecule has 1 aromatic carbocycles. The van der Waals surface area contributed by atoms with Crippen molar-refractivity contribution >= 4 is 11.8 Å². The van der Waals surface area contributed by atoms with Crippen LogP contribution < -0.4 is 14.8 Å². The van der Waals surface area contributed by atoms with E-state index in [1.54, 1.807) is 19.1 Å². The number of nitrogens with one attached hydrogen (secondary N) is 1. The Morgan fingerprint density at radius 3 is 2.68 bits per heavy atom. The van der Waals surface area contributed by atoms with Gasteiger partial charge in [0.15, 0.2) is 12.2 Å². The van der Waals surface area contributed by atoms with E-state index in [1.807, 2.05) is 17.9 Å². The minimum absolute atomic E-state index is 0.110. The number of oxazole rings is 1. The van der Waals surface area contributed by atoms with Crippen LogP contribution in [0.25, 0.3) is 0 Å². The van der Waals surface area contributed by atoms with Crippen molar-refractivity contribution in [2.24, 2.45) is 5.92 Å². The van der Waals surface area contributed by atoms with Crippen molar-refractivity contribution < 1.29 is 28.6 Å². The number of aliphatic hydroxyl groups is 1. The molecular weight excluding hydrogens is 562 g/mol. The zero-order valence-electron chi connectivity index (χ0n) is 26.1. The molecule has 44 heavy (non-hydrogen) atoms. The van der Waals surface area contributed by atoms with E-state index >= 15 is 0 Å². The van der Waals surface area contributed by atoms with E-state index in [2.05, 4.69) is 33.2 Å². The lowest BCUT2D eigenvalue weighted by Crippen LogP contribution is -2.42. The number of hydrogen-bond acceptors (Lipinski definition) is 9. The highest BCUT2D eigenvalue weighted by atomic mass is 16.5. The number of likely N-dealkylation sites (tertiary alicyclic amines) is 1. The van der Waals surface area contributed by atoms with Gasteiger partial charge in [-0.1, -0.05) is 6.07 Å². The van der Waals surface area contributed by atoms with E-state index < -0.39 is 6.10 Å². The largest absolute Gasteiger partial charge is 0.485 e. The number of amides is 2. The lowest BCUT2D eigenvalue weighted by molar-refractivity contribution is -0.130. The fourth-order valence-electron chi connectivity index (χ4n) is 6.12. The van der Waals surface area contributed by atoms with Crippen LogP contribution in [0.4, 0.5) is 0 Å². The molecule has 0 aliphatic carbocycles. The molecule has 1 fully saturated rings. The van der Waals surface area contributed by atoms with Gasteiger partial charge in [-0.3, -0.25) is 14.5 Å². The molecule has 3 aromatic rings. The smallest absolute Gasteiger partial charge is 0.251 e. The molecule has 1 saturated heterocycles. The highest BCUT2D eigenvalue weighted by Crippen LogP contribution is 2.30. The van der Waals surface area contributed by atoms with Crippen molar-refractivity contribution in [3.8, 4) is 11.6 Å². The van der Waals surface area contributed by atoms with Gasteiger partial charge in [-0.2, -0.15) is 0 Å². The second kappa shape index (κ2) is 14.2. The molecule has 0 bridgehead atoms. The second-order valence-corrected chi connectivity index (χ2v) is 11.9. The van der Waals surface area contributed by atoms with E-state index in [0.717, 1.165) is 80.3 Å². The first-order valence-electron chi connectivity index (χ1n) is 15.3. The fraction of sp³-hybridized carbons (Fsp3) is 0.515. The van der Waals surface area contributed by atoms with Crippen LogP contribution in [0.15, 0.2) is 35.1 Å². The molecule has 236 valence electrons. The predicted octanol–water partition coefficient (Wildman–Crippen LogP) is 3.22. The van der Waals surface area contributed by atoms with E-state index in [0.29, 0.717) is 30.5 Å². The molecule has 4 heterocycles. The Morgan fingerprint density at radius 1 is 1.18 bits per heavy atom. The molecule has 2 aliphatic rings.